The van der Waals surface area contributed by atoms with Crippen LogP contribution in [0.25, 0.3) is 11.3 Å². The molecule has 3 heterocycles. The molecule has 1 fully saturated rings. The van der Waals surface area contributed by atoms with Crippen molar-refractivity contribution in [3.63, 3.8) is 0 Å². The van der Waals surface area contributed by atoms with E-state index in [0.29, 0.717) is 5.56 Å². The summed E-state index contributed by atoms with van der Waals surface area (Å²) in [4.78, 5) is 25.6. The van der Waals surface area contributed by atoms with Crippen LogP contribution in [-0.4, -0.2) is 63.9 Å². The minimum absolute atomic E-state index is 0.346. The Bertz CT molecular complexity index is 1020. The SMILES string of the molecule is COC(=O)c1ccc(-c2nccnc2N2CCN(Cc3cn(C)nc3C)CC2)cc1. The fourth-order valence-corrected chi connectivity index (χ4v) is 3.81. The van der Waals surface area contributed by atoms with Crippen molar-refractivity contribution in [1.82, 2.24) is 24.6 Å². The molecule has 0 aliphatic carbocycles. The number of benzene rings is 1. The molecule has 0 amide bonds. The van der Waals surface area contributed by atoms with E-state index in [-0.39, 0.29) is 5.97 Å². The van der Waals surface area contributed by atoms with Crippen molar-refractivity contribution >= 4 is 11.8 Å². The zero-order chi connectivity index (χ0) is 21.1. The summed E-state index contributed by atoms with van der Waals surface area (Å²) in [6, 6.07) is 7.30. The molecule has 2 aromatic heterocycles. The highest BCUT2D eigenvalue weighted by Gasteiger charge is 2.22. The van der Waals surface area contributed by atoms with E-state index < -0.39 is 0 Å². The molecule has 156 valence electrons. The Morgan fingerprint density at radius 3 is 2.40 bits per heavy atom. The quantitative estimate of drug-likeness (QED) is 0.602. The molecule has 1 aliphatic rings. The van der Waals surface area contributed by atoms with E-state index in [4.69, 9.17) is 4.74 Å². The monoisotopic (exact) mass is 406 g/mol. The summed E-state index contributed by atoms with van der Waals surface area (Å²) in [5.41, 5.74) is 4.64. The van der Waals surface area contributed by atoms with Gasteiger partial charge in [-0.15, -0.1) is 0 Å². The number of esters is 1. The van der Waals surface area contributed by atoms with Gasteiger partial charge in [-0.3, -0.25) is 14.6 Å². The van der Waals surface area contributed by atoms with Gasteiger partial charge in [0.25, 0.3) is 0 Å². The highest BCUT2D eigenvalue weighted by molar-refractivity contribution is 5.90. The van der Waals surface area contributed by atoms with Crippen LogP contribution in [0.1, 0.15) is 21.6 Å². The van der Waals surface area contributed by atoms with Crippen LogP contribution in [0.2, 0.25) is 0 Å². The van der Waals surface area contributed by atoms with Crippen molar-refractivity contribution < 1.29 is 9.53 Å². The maximum atomic E-state index is 11.7. The van der Waals surface area contributed by atoms with Gasteiger partial charge in [-0.05, 0) is 19.1 Å². The number of anilines is 1. The molecule has 1 saturated heterocycles. The minimum Gasteiger partial charge on any atom is -0.465 e. The number of rotatable bonds is 5. The molecule has 0 bridgehead atoms. The van der Waals surface area contributed by atoms with Gasteiger partial charge in [0.15, 0.2) is 5.82 Å². The van der Waals surface area contributed by atoms with E-state index in [1.54, 1.807) is 24.5 Å². The number of nitrogens with zero attached hydrogens (tertiary/aromatic N) is 6. The lowest BCUT2D eigenvalue weighted by Gasteiger charge is -2.35. The fraction of sp³-hybridized carbons (Fsp3) is 0.364. The summed E-state index contributed by atoms with van der Waals surface area (Å²) in [5.74, 6) is 0.529. The Labute approximate surface area is 176 Å². The van der Waals surface area contributed by atoms with Gasteiger partial charge in [-0.2, -0.15) is 5.10 Å². The van der Waals surface area contributed by atoms with Gasteiger partial charge >= 0.3 is 5.97 Å². The molecule has 1 aliphatic heterocycles. The largest absolute Gasteiger partial charge is 0.465 e. The van der Waals surface area contributed by atoms with Crippen molar-refractivity contribution in [3.05, 3.63) is 59.7 Å². The van der Waals surface area contributed by atoms with Crippen LogP contribution < -0.4 is 4.90 Å². The number of aryl methyl sites for hydroxylation is 2. The lowest BCUT2D eigenvalue weighted by atomic mass is 10.1. The lowest BCUT2D eigenvalue weighted by Crippen LogP contribution is -2.46. The van der Waals surface area contributed by atoms with E-state index in [9.17, 15) is 4.79 Å². The summed E-state index contributed by atoms with van der Waals surface area (Å²) >= 11 is 0. The van der Waals surface area contributed by atoms with Crippen LogP contribution in [0.5, 0.6) is 0 Å². The van der Waals surface area contributed by atoms with E-state index in [0.717, 1.165) is 55.5 Å². The van der Waals surface area contributed by atoms with Crippen molar-refractivity contribution in [2.45, 2.75) is 13.5 Å². The van der Waals surface area contributed by atoms with E-state index in [1.807, 2.05) is 23.9 Å². The number of hydrogen-bond donors (Lipinski definition) is 0. The third kappa shape index (κ3) is 4.18. The van der Waals surface area contributed by atoms with Gasteiger partial charge in [0.1, 0.15) is 5.69 Å². The van der Waals surface area contributed by atoms with Gasteiger partial charge in [0.05, 0.1) is 18.4 Å². The normalized spacial score (nSPS) is 14.7. The molecule has 0 N–H and O–H groups in total. The smallest absolute Gasteiger partial charge is 0.337 e. The lowest BCUT2D eigenvalue weighted by molar-refractivity contribution is 0.0601. The summed E-state index contributed by atoms with van der Waals surface area (Å²) in [5, 5.41) is 4.44. The van der Waals surface area contributed by atoms with Crippen LogP contribution in [0.3, 0.4) is 0 Å². The third-order valence-electron chi connectivity index (χ3n) is 5.44. The number of carbonyl (C=O) groups is 1. The number of piperazine rings is 1. The Kier molecular flexibility index (Phi) is 5.76. The maximum absolute atomic E-state index is 11.7. The molecule has 8 nitrogen and oxygen atoms in total. The Morgan fingerprint density at radius 1 is 1.07 bits per heavy atom. The van der Waals surface area contributed by atoms with Gasteiger partial charge in [-0.25, -0.2) is 9.78 Å². The maximum Gasteiger partial charge on any atom is 0.337 e. The van der Waals surface area contributed by atoms with Crippen LogP contribution in [0.15, 0.2) is 42.9 Å². The van der Waals surface area contributed by atoms with Crippen molar-refractivity contribution in [3.8, 4) is 11.3 Å². The predicted octanol–water partition coefficient (Wildman–Crippen LogP) is 2.29. The van der Waals surface area contributed by atoms with Gasteiger partial charge in [-0.1, -0.05) is 12.1 Å². The zero-order valence-electron chi connectivity index (χ0n) is 17.6. The van der Waals surface area contributed by atoms with Crippen molar-refractivity contribution in [2.75, 3.05) is 38.2 Å². The van der Waals surface area contributed by atoms with Crippen LogP contribution in [0, 0.1) is 6.92 Å². The number of hydrogen-bond acceptors (Lipinski definition) is 7. The number of aromatic nitrogens is 4. The van der Waals surface area contributed by atoms with Crippen LogP contribution in [0.4, 0.5) is 5.82 Å². The van der Waals surface area contributed by atoms with E-state index in [1.165, 1.54) is 12.7 Å². The van der Waals surface area contributed by atoms with E-state index >= 15 is 0 Å². The first kappa shape index (κ1) is 20.0. The molecular weight excluding hydrogens is 380 g/mol. The minimum atomic E-state index is -0.346. The van der Waals surface area contributed by atoms with Gasteiger partial charge in [0, 0.05) is 69.5 Å². The molecule has 3 aromatic rings. The topological polar surface area (TPSA) is 76.4 Å². The van der Waals surface area contributed by atoms with Crippen molar-refractivity contribution in [2.24, 2.45) is 7.05 Å². The second kappa shape index (κ2) is 8.62. The average Bonchev–Trinajstić information content (AvgIpc) is 3.10. The fourth-order valence-electron chi connectivity index (χ4n) is 3.81. The van der Waals surface area contributed by atoms with Gasteiger partial charge < -0.3 is 9.64 Å². The van der Waals surface area contributed by atoms with Crippen molar-refractivity contribution in [1.29, 1.82) is 0 Å². The summed E-state index contributed by atoms with van der Waals surface area (Å²) in [6.45, 7) is 6.63. The third-order valence-corrected chi connectivity index (χ3v) is 5.44. The molecule has 0 radical (unpaired) electrons. The summed E-state index contributed by atoms with van der Waals surface area (Å²) < 4.78 is 6.65. The number of methoxy groups -OCH3 is 1. The van der Waals surface area contributed by atoms with Crippen LogP contribution in [-0.2, 0) is 18.3 Å². The summed E-state index contributed by atoms with van der Waals surface area (Å²) in [6.07, 6.45) is 5.53. The average molecular weight is 406 g/mol. The zero-order valence-corrected chi connectivity index (χ0v) is 17.6. The molecule has 4 rings (SSSR count). The van der Waals surface area contributed by atoms with Gasteiger partial charge in [0.2, 0.25) is 0 Å². The standard InChI is InChI=1S/C22H26N6O2/c1-16-19(14-26(2)25-16)15-27-10-12-28(13-11-27)21-20(23-8-9-24-21)17-4-6-18(7-5-17)22(29)30-3/h4-9,14H,10-13,15H2,1-3H3. The first-order chi connectivity index (χ1) is 14.5. The molecule has 8 heteroatoms. The Morgan fingerprint density at radius 2 is 1.77 bits per heavy atom. The highest BCUT2D eigenvalue weighted by Crippen LogP contribution is 2.28. The number of carbonyl (C=O) groups excluding carboxylic acids is 1. The van der Waals surface area contributed by atoms with E-state index in [2.05, 4.69) is 38.0 Å². The summed E-state index contributed by atoms with van der Waals surface area (Å²) in [7, 11) is 3.34. The molecule has 0 unspecified atom stereocenters. The first-order valence-corrected chi connectivity index (χ1v) is 10.0. The number of ether oxygens (including phenoxy) is 1. The molecule has 1 aromatic carbocycles. The second-order valence-electron chi connectivity index (χ2n) is 7.47. The molecule has 0 spiro atoms. The predicted molar refractivity (Wildman–Crippen MR) is 114 cm³/mol. The molecule has 30 heavy (non-hydrogen) atoms. The molecule has 0 atom stereocenters. The first-order valence-electron chi connectivity index (χ1n) is 10.0. The Hall–Kier alpha value is -3.26. The molecular formula is C22H26N6O2. The highest BCUT2D eigenvalue weighted by atomic mass is 16.5. The van der Waals surface area contributed by atoms with Crippen LogP contribution >= 0.6 is 0 Å². The second-order valence-corrected chi connectivity index (χ2v) is 7.47. The Balaban J connectivity index is 1.47. The molecule has 0 saturated carbocycles.